The summed E-state index contributed by atoms with van der Waals surface area (Å²) in [7, 11) is 1.59. The number of halogens is 2. The van der Waals surface area contributed by atoms with Crippen LogP contribution < -0.4 is 15.8 Å². The van der Waals surface area contributed by atoms with Gasteiger partial charge >= 0.3 is 0 Å². The number of nitrogens with one attached hydrogen (secondary N) is 1. The Bertz CT molecular complexity index is 453. The van der Waals surface area contributed by atoms with Gasteiger partial charge in [0.2, 0.25) is 5.91 Å². The van der Waals surface area contributed by atoms with Gasteiger partial charge in [-0.15, -0.1) is 0 Å². The Hall–Kier alpha value is -0.590. The van der Waals surface area contributed by atoms with Crippen molar-refractivity contribution in [2.24, 2.45) is 5.73 Å². The lowest BCUT2D eigenvalue weighted by atomic mass is 10.1. The number of hydrogen-bond acceptors (Lipinski definition) is 3. The van der Waals surface area contributed by atoms with Crippen LogP contribution in [0.4, 0.5) is 5.69 Å². The summed E-state index contributed by atoms with van der Waals surface area (Å²) in [6.45, 7) is 0.720. The summed E-state index contributed by atoms with van der Waals surface area (Å²) in [5.74, 6) is 0.703. The molecule has 20 heavy (non-hydrogen) atoms. The number of unbranched alkanes of at least 4 members (excludes halogenated alkanes) is 3. The maximum Gasteiger partial charge on any atom is 0.224 e. The van der Waals surface area contributed by atoms with Crippen LogP contribution in [0.5, 0.6) is 5.75 Å². The summed E-state index contributed by atoms with van der Waals surface area (Å²) in [5.41, 5.74) is 6.15. The molecule has 0 aliphatic carbocycles. The van der Waals surface area contributed by atoms with Gasteiger partial charge in [0.1, 0.15) is 5.75 Å². The standard InChI is InChI=1S/C14H20Br2N2O2/c1-20-13-9-12(10(15)8-11(13)16)18-14(19)6-4-2-3-5-7-17/h8-9H,2-7,17H2,1H3,(H,18,19). The third kappa shape index (κ3) is 5.81. The molecule has 0 saturated heterocycles. The molecular weight excluding hydrogens is 388 g/mol. The Labute approximate surface area is 136 Å². The molecule has 1 rings (SSSR count). The van der Waals surface area contributed by atoms with Crippen molar-refractivity contribution in [3.05, 3.63) is 21.1 Å². The predicted molar refractivity (Wildman–Crippen MR) is 89.2 cm³/mol. The smallest absolute Gasteiger partial charge is 0.224 e. The van der Waals surface area contributed by atoms with Crippen LogP contribution in [0.15, 0.2) is 21.1 Å². The number of amides is 1. The van der Waals surface area contributed by atoms with Crippen molar-refractivity contribution in [2.45, 2.75) is 32.1 Å². The molecule has 1 amide bonds. The maximum absolute atomic E-state index is 11.9. The fraction of sp³-hybridized carbons (Fsp3) is 0.500. The van der Waals surface area contributed by atoms with E-state index in [9.17, 15) is 4.79 Å². The van der Waals surface area contributed by atoms with E-state index in [1.807, 2.05) is 6.07 Å². The average molecular weight is 408 g/mol. The first-order valence-corrected chi connectivity index (χ1v) is 8.20. The number of ether oxygens (including phenoxy) is 1. The highest BCUT2D eigenvalue weighted by Crippen LogP contribution is 2.34. The summed E-state index contributed by atoms with van der Waals surface area (Å²) in [4.78, 5) is 11.9. The molecule has 0 bridgehead atoms. The highest BCUT2D eigenvalue weighted by Gasteiger charge is 2.10. The number of carbonyl (C=O) groups is 1. The van der Waals surface area contributed by atoms with Gasteiger partial charge < -0.3 is 15.8 Å². The number of rotatable bonds is 8. The molecule has 3 N–H and O–H groups in total. The second-order valence-electron chi connectivity index (χ2n) is 4.47. The van der Waals surface area contributed by atoms with E-state index in [2.05, 4.69) is 37.2 Å². The lowest BCUT2D eigenvalue weighted by Gasteiger charge is -2.11. The van der Waals surface area contributed by atoms with E-state index in [0.717, 1.165) is 46.9 Å². The van der Waals surface area contributed by atoms with E-state index in [1.165, 1.54) is 0 Å². The average Bonchev–Trinajstić information content (AvgIpc) is 2.41. The van der Waals surface area contributed by atoms with E-state index in [4.69, 9.17) is 10.5 Å². The van der Waals surface area contributed by atoms with E-state index in [-0.39, 0.29) is 5.91 Å². The van der Waals surface area contributed by atoms with Gasteiger partial charge in [0.05, 0.1) is 17.3 Å². The molecule has 1 aromatic rings. The molecule has 0 aliphatic rings. The number of methoxy groups -OCH3 is 1. The number of hydrogen-bond donors (Lipinski definition) is 2. The zero-order valence-corrected chi connectivity index (χ0v) is 14.7. The monoisotopic (exact) mass is 406 g/mol. The molecular formula is C14H20Br2N2O2. The van der Waals surface area contributed by atoms with E-state index in [1.54, 1.807) is 13.2 Å². The van der Waals surface area contributed by atoms with Crippen LogP contribution in [0.1, 0.15) is 32.1 Å². The predicted octanol–water partition coefficient (Wildman–Crippen LogP) is 4.07. The fourth-order valence-electron chi connectivity index (χ4n) is 1.78. The number of benzene rings is 1. The van der Waals surface area contributed by atoms with Gasteiger partial charge in [-0.2, -0.15) is 0 Å². The number of carbonyl (C=O) groups excluding carboxylic acids is 1. The molecule has 0 heterocycles. The SMILES string of the molecule is COc1cc(NC(=O)CCCCCCN)c(Br)cc1Br. The third-order valence-electron chi connectivity index (χ3n) is 2.87. The van der Waals surface area contributed by atoms with Gasteiger partial charge in [-0.3, -0.25) is 4.79 Å². The quantitative estimate of drug-likeness (QED) is 0.638. The molecule has 0 aliphatic heterocycles. The van der Waals surface area contributed by atoms with Gasteiger partial charge in [0.25, 0.3) is 0 Å². The highest BCUT2D eigenvalue weighted by atomic mass is 79.9. The topological polar surface area (TPSA) is 64.3 Å². The molecule has 0 saturated carbocycles. The molecule has 6 heteroatoms. The van der Waals surface area contributed by atoms with Crippen molar-refractivity contribution < 1.29 is 9.53 Å². The molecule has 0 aromatic heterocycles. The molecule has 0 radical (unpaired) electrons. The van der Waals surface area contributed by atoms with Crippen molar-refractivity contribution in [1.29, 1.82) is 0 Å². The molecule has 0 fully saturated rings. The second kappa shape index (κ2) is 9.37. The minimum absolute atomic E-state index is 0.0165. The second-order valence-corrected chi connectivity index (χ2v) is 6.18. The van der Waals surface area contributed by atoms with Crippen LogP contribution in [0.3, 0.4) is 0 Å². The summed E-state index contributed by atoms with van der Waals surface area (Å²) in [6, 6.07) is 3.65. The van der Waals surface area contributed by atoms with Crippen LogP contribution in [0, 0.1) is 0 Å². The Kier molecular flexibility index (Phi) is 8.18. The van der Waals surface area contributed by atoms with Crippen LogP contribution in [-0.2, 0) is 4.79 Å². The van der Waals surface area contributed by atoms with E-state index >= 15 is 0 Å². The first-order chi connectivity index (χ1) is 9.58. The summed E-state index contributed by atoms with van der Waals surface area (Å²) >= 11 is 6.82. The molecule has 0 unspecified atom stereocenters. The van der Waals surface area contributed by atoms with Crippen molar-refractivity contribution >= 4 is 43.5 Å². The normalized spacial score (nSPS) is 10.4. The van der Waals surface area contributed by atoms with Gasteiger partial charge in [0.15, 0.2) is 0 Å². The molecule has 0 atom stereocenters. The zero-order chi connectivity index (χ0) is 15.0. The minimum atomic E-state index is 0.0165. The van der Waals surface area contributed by atoms with Gasteiger partial charge in [-0.1, -0.05) is 12.8 Å². The largest absolute Gasteiger partial charge is 0.495 e. The van der Waals surface area contributed by atoms with Crippen LogP contribution in [0.2, 0.25) is 0 Å². The van der Waals surface area contributed by atoms with E-state index < -0.39 is 0 Å². The summed E-state index contributed by atoms with van der Waals surface area (Å²) in [6.07, 6.45) is 4.55. The summed E-state index contributed by atoms with van der Waals surface area (Å²) < 4.78 is 6.88. The Morgan fingerprint density at radius 1 is 1.20 bits per heavy atom. The van der Waals surface area contributed by atoms with Crippen molar-refractivity contribution in [2.75, 3.05) is 19.0 Å². The maximum atomic E-state index is 11.9. The van der Waals surface area contributed by atoms with E-state index in [0.29, 0.717) is 12.2 Å². The first kappa shape index (κ1) is 17.5. The minimum Gasteiger partial charge on any atom is -0.495 e. The molecule has 112 valence electrons. The van der Waals surface area contributed by atoms with Crippen molar-refractivity contribution in [3.63, 3.8) is 0 Å². The van der Waals surface area contributed by atoms with Gasteiger partial charge in [-0.05, 0) is 57.3 Å². The highest BCUT2D eigenvalue weighted by molar-refractivity contribution is 9.11. The van der Waals surface area contributed by atoms with Crippen LogP contribution >= 0.6 is 31.9 Å². The zero-order valence-electron chi connectivity index (χ0n) is 11.5. The van der Waals surface area contributed by atoms with Crippen molar-refractivity contribution in [3.8, 4) is 5.75 Å². The Balaban J connectivity index is 2.49. The number of anilines is 1. The molecule has 1 aromatic carbocycles. The van der Waals surface area contributed by atoms with Gasteiger partial charge in [-0.25, -0.2) is 0 Å². The number of nitrogens with two attached hydrogens (primary N) is 1. The Morgan fingerprint density at radius 2 is 1.90 bits per heavy atom. The third-order valence-corrected chi connectivity index (χ3v) is 4.15. The molecule has 4 nitrogen and oxygen atoms in total. The first-order valence-electron chi connectivity index (χ1n) is 6.61. The van der Waals surface area contributed by atoms with Crippen LogP contribution in [-0.4, -0.2) is 19.6 Å². The lowest BCUT2D eigenvalue weighted by Crippen LogP contribution is -2.11. The van der Waals surface area contributed by atoms with Gasteiger partial charge in [0, 0.05) is 17.0 Å². The lowest BCUT2D eigenvalue weighted by molar-refractivity contribution is -0.116. The van der Waals surface area contributed by atoms with Crippen molar-refractivity contribution in [1.82, 2.24) is 0 Å². The molecule has 0 spiro atoms. The van der Waals surface area contributed by atoms with Crippen LogP contribution in [0.25, 0.3) is 0 Å². The Morgan fingerprint density at radius 3 is 2.55 bits per heavy atom. The fourth-order valence-corrected chi connectivity index (χ4v) is 3.03. The summed E-state index contributed by atoms with van der Waals surface area (Å²) in [5, 5.41) is 2.89.